The highest BCUT2D eigenvalue weighted by Crippen LogP contribution is 2.40. The standard InChI is InChI=1S/C16H23NO4/c1-12-13(5-9-20-12)15(18)17-7-4-14-16(10-17,11-19-2)6-3-8-21-14/h5,9,14H,3-4,6-8,10-11H2,1-2H3/t14-,16-/m0/s1. The second-order valence-electron chi connectivity index (χ2n) is 6.16. The molecule has 2 atom stereocenters. The van der Waals surface area contributed by atoms with E-state index in [0.717, 1.165) is 32.4 Å². The maximum Gasteiger partial charge on any atom is 0.257 e. The van der Waals surface area contributed by atoms with Gasteiger partial charge in [0.25, 0.3) is 5.91 Å². The highest BCUT2D eigenvalue weighted by molar-refractivity contribution is 5.95. The molecule has 5 heteroatoms. The normalized spacial score (nSPS) is 29.2. The van der Waals surface area contributed by atoms with Gasteiger partial charge in [0.2, 0.25) is 0 Å². The van der Waals surface area contributed by atoms with Gasteiger partial charge in [-0.3, -0.25) is 4.79 Å². The van der Waals surface area contributed by atoms with Crippen LogP contribution in [-0.2, 0) is 9.47 Å². The minimum Gasteiger partial charge on any atom is -0.469 e. The largest absolute Gasteiger partial charge is 0.469 e. The number of aryl methyl sites for hydroxylation is 1. The van der Waals surface area contributed by atoms with Crippen LogP contribution in [0.1, 0.15) is 35.4 Å². The van der Waals surface area contributed by atoms with Gasteiger partial charge in [0.05, 0.1) is 24.5 Å². The Balaban J connectivity index is 1.80. The summed E-state index contributed by atoms with van der Waals surface area (Å²) in [6.45, 7) is 4.74. The molecule has 2 aliphatic heterocycles. The van der Waals surface area contributed by atoms with Crippen LogP contribution in [0.25, 0.3) is 0 Å². The lowest BCUT2D eigenvalue weighted by molar-refractivity contribution is -0.142. The fourth-order valence-electron chi connectivity index (χ4n) is 3.74. The van der Waals surface area contributed by atoms with Gasteiger partial charge in [-0.1, -0.05) is 0 Å². The van der Waals surface area contributed by atoms with Crippen LogP contribution in [0.2, 0.25) is 0 Å². The van der Waals surface area contributed by atoms with Gasteiger partial charge in [0.1, 0.15) is 5.76 Å². The molecule has 0 saturated carbocycles. The first kappa shape index (κ1) is 14.6. The zero-order valence-corrected chi connectivity index (χ0v) is 12.8. The fourth-order valence-corrected chi connectivity index (χ4v) is 3.74. The average Bonchev–Trinajstić information content (AvgIpc) is 2.92. The van der Waals surface area contributed by atoms with Crippen molar-refractivity contribution < 1.29 is 18.7 Å². The summed E-state index contributed by atoms with van der Waals surface area (Å²) in [7, 11) is 1.72. The number of rotatable bonds is 3. The number of amides is 1. The Bertz CT molecular complexity index is 508. The van der Waals surface area contributed by atoms with Crippen molar-refractivity contribution in [3.63, 3.8) is 0 Å². The number of hydrogen-bond donors (Lipinski definition) is 0. The molecule has 2 aliphatic rings. The molecule has 0 aliphatic carbocycles. The van der Waals surface area contributed by atoms with Crippen molar-refractivity contribution >= 4 is 5.91 Å². The molecular weight excluding hydrogens is 270 g/mol. The Labute approximate surface area is 125 Å². The van der Waals surface area contributed by atoms with Gasteiger partial charge in [-0.05, 0) is 32.3 Å². The average molecular weight is 293 g/mol. The third kappa shape index (κ3) is 2.60. The molecule has 1 aromatic heterocycles. The summed E-state index contributed by atoms with van der Waals surface area (Å²) in [6.07, 6.45) is 4.75. The smallest absolute Gasteiger partial charge is 0.257 e. The van der Waals surface area contributed by atoms with Crippen LogP contribution in [0.5, 0.6) is 0 Å². The Kier molecular flexibility index (Phi) is 4.04. The molecule has 0 radical (unpaired) electrons. The third-order valence-electron chi connectivity index (χ3n) is 4.80. The van der Waals surface area contributed by atoms with Gasteiger partial charge in [-0.2, -0.15) is 0 Å². The van der Waals surface area contributed by atoms with E-state index in [2.05, 4.69) is 0 Å². The van der Waals surface area contributed by atoms with E-state index in [1.807, 2.05) is 11.8 Å². The monoisotopic (exact) mass is 293 g/mol. The Morgan fingerprint density at radius 1 is 1.57 bits per heavy atom. The van der Waals surface area contributed by atoms with Crippen LogP contribution in [0, 0.1) is 12.3 Å². The summed E-state index contributed by atoms with van der Waals surface area (Å²) in [5.74, 6) is 0.739. The number of nitrogens with zero attached hydrogens (tertiary/aromatic N) is 1. The Hall–Kier alpha value is -1.33. The molecule has 3 rings (SSSR count). The van der Waals surface area contributed by atoms with Gasteiger partial charge in [0.15, 0.2) is 0 Å². The minimum absolute atomic E-state index is 0.0563. The van der Waals surface area contributed by atoms with E-state index in [9.17, 15) is 4.79 Å². The van der Waals surface area contributed by atoms with Crippen LogP contribution in [-0.4, -0.2) is 50.3 Å². The summed E-state index contributed by atoms with van der Waals surface area (Å²) in [5.41, 5.74) is 0.608. The SMILES string of the molecule is COC[C@@]12CCCO[C@H]1CCN(C(=O)c1ccoc1C)C2. The first-order valence-corrected chi connectivity index (χ1v) is 7.60. The minimum atomic E-state index is -0.0570. The quantitative estimate of drug-likeness (QED) is 0.857. The predicted octanol–water partition coefficient (Wildman–Crippen LogP) is 2.25. The van der Waals surface area contributed by atoms with Crippen molar-refractivity contribution in [1.29, 1.82) is 0 Å². The number of fused-ring (bicyclic) bond motifs is 1. The Morgan fingerprint density at radius 3 is 3.14 bits per heavy atom. The molecule has 2 fully saturated rings. The molecule has 1 amide bonds. The van der Waals surface area contributed by atoms with Gasteiger partial charge >= 0.3 is 0 Å². The van der Waals surface area contributed by atoms with Crippen molar-refractivity contribution in [2.24, 2.45) is 5.41 Å². The topological polar surface area (TPSA) is 51.9 Å². The molecule has 0 bridgehead atoms. The summed E-state index contributed by atoms with van der Waals surface area (Å²) in [6, 6.07) is 1.75. The lowest BCUT2D eigenvalue weighted by atomic mass is 9.73. The van der Waals surface area contributed by atoms with Crippen molar-refractivity contribution in [1.82, 2.24) is 4.90 Å². The summed E-state index contributed by atoms with van der Waals surface area (Å²) < 4.78 is 16.7. The van der Waals surface area contributed by atoms with Gasteiger partial charge in [0, 0.05) is 32.2 Å². The molecule has 0 N–H and O–H groups in total. The first-order valence-electron chi connectivity index (χ1n) is 7.60. The molecule has 1 aromatic rings. The number of ether oxygens (including phenoxy) is 2. The van der Waals surface area contributed by atoms with Crippen LogP contribution < -0.4 is 0 Å². The number of carbonyl (C=O) groups is 1. The number of carbonyl (C=O) groups excluding carboxylic acids is 1. The predicted molar refractivity (Wildman–Crippen MR) is 77.2 cm³/mol. The molecule has 0 aromatic carbocycles. The van der Waals surface area contributed by atoms with Crippen molar-refractivity contribution in [3.05, 3.63) is 23.7 Å². The number of likely N-dealkylation sites (tertiary alicyclic amines) is 1. The number of furan rings is 1. The molecule has 2 saturated heterocycles. The highest BCUT2D eigenvalue weighted by Gasteiger charge is 2.47. The maximum absolute atomic E-state index is 12.7. The fraction of sp³-hybridized carbons (Fsp3) is 0.688. The highest BCUT2D eigenvalue weighted by atomic mass is 16.5. The Morgan fingerprint density at radius 2 is 2.43 bits per heavy atom. The van der Waals surface area contributed by atoms with Crippen LogP contribution in [0.4, 0.5) is 0 Å². The molecule has 116 valence electrons. The number of piperidine rings is 1. The summed E-state index contributed by atoms with van der Waals surface area (Å²) >= 11 is 0. The zero-order chi connectivity index (χ0) is 14.9. The molecule has 3 heterocycles. The van der Waals surface area contributed by atoms with Crippen LogP contribution in [0.3, 0.4) is 0 Å². The van der Waals surface area contributed by atoms with Gasteiger partial charge in [-0.15, -0.1) is 0 Å². The molecule has 21 heavy (non-hydrogen) atoms. The van der Waals surface area contributed by atoms with Crippen molar-refractivity contribution in [2.75, 3.05) is 33.4 Å². The van der Waals surface area contributed by atoms with Gasteiger partial charge < -0.3 is 18.8 Å². The van der Waals surface area contributed by atoms with Gasteiger partial charge in [-0.25, -0.2) is 0 Å². The van der Waals surface area contributed by atoms with E-state index in [1.165, 1.54) is 0 Å². The summed E-state index contributed by atoms with van der Waals surface area (Å²) in [4.78, 5) is 14.6. The van der Waals surface area contributed by atoms with E-state index in [-0.39, 0.29) is 17.4 Å². The second kappa shape index (κ2) is 5.81. The zero-order valence-electron chi connectivity index (χ0n) is 12.8. The molecule has 0 unspecified atom stereocenters. The van der Waals surface area contributed by atoms with Crippen molar-refractivity contribution in [3.8, 4) is 0 Å². The number of hydrogen-bond acceptors (Lipinski definition) is 4. The van der Waals surface area contributed by atoms with E-state index in [1.54, 1.807) is 19.4 Å². The third-order valence-corrected chi connectivity index (χ3v) is 4.80. The van der Waals surface area contributed by atoms with Crippen molar-refractivity contribution in [2.45, 2.75) is 32.3 Å². The number of methoxy groups -OCH3 is 1. The van der Waals surface area contributed by atoms with E-state index in [4.69, 9.17) is 13.9 Å². The maximum atomic E-state index is 12.7. The second-order valence-corrected chi connectivity index (χ2v) is 6.16. The molecular formula is C16H23NO4. The van der Waals surface area contributed by atoms with E-state index in [0.29, 0.717) is 24.5 Å². The van der Waals surface area contributed by atoms with E-state index < -0.39 is 0 Å². The van der Waals surface area contributed by atoms with Crippen LogP contribution in [0.15, 0.2) is 16.7 Å². The molecule has 0 spiro atoms. The lowest BCUT2D eigenvalue weighted by Crippen LogP contribution is -2.58. The lowest BCUT2D eigenvalue weighted by Gasteiger charge is -2.50. The van der Waals surface area contributed by atoms with E-state index >= 15 is 0 Å². The van der Waals surface area contributed by atoms with Crippen LogP contribution >= 0.6 is 0 Å². The molecule has 5 nitrogen and oxygen atoms in total. The summed E-state index contributed by atoms with van der Waals surface area (Å²) in [5, 5.41) is 0. The first-order chi connectivity index (χ1) is 10.2.